The first kappa shape index (κ1) is 10.6. The molecule has 18 heavy (non-hydrogen) atoms. The van der Waals surface area contributed by atoms with Gasteiger partial charge in [0.15, 0.2) is 6.29 Å². The van der Waals surface area contributed by atoms with E-state index in [9.17, 15) is 4.79 Å². The van der Waals surface area contributed by atoms with Gasteiger partial charge in [-0.3, -0.25) is 4.79 Å². The van der Waals surface area contributed by atoms with Crippen LogP contribution in [0.3, 0.4) is 0 Å². The maximum Gasteiger partial charge on any atom is 0.171 e. The van der Waals surface area contributed by atoms with E-state index in [2.05, 4.69) is 15.3 Å². The highest BCUT2D eigenvalue weighted by Crippen LogP contribution is 2.10. The molecule has 3 aromatic rings. The van der Waals surface area contributed by atoms with Gasteiger partial charge in [0.05, 0.1) is 18.4 Å². The largest absolute Gasteiger partial charge is 0.307 e. The number of nitrogens with zero attached hydrogens (tertiary/aromatic N) is 5. The van der Waals surface area contributed by atoms with Crippen LogP contribution in [-0.2, 0) is 6.54 Å². The second-order valence-corrected chi connectivity index (χ2v) is 4.11. The number of carbonyl (C=O) groups is 1. The molecule has 0 aromatic carbocycles. The number of hydrogen-bond acceptors (Lipinski definition) is 4. The molecule has 6 heteroatoms. The van der Waals surface area contributed by atoms with Gasteiger partial charge in [0.25, 0.3) is 0 Å². The minimum Gasteiger partial charge on any atom is -0.307 e. The first-order valence-electron chi connectivity index (χ1n) is 5.55. The third-order valence-electron chi connectivity index (χ3n) is 2.73. The van der Waals surface area contributed by atoms with Gasteiger partial charge in [0, 0.05) is 12.4 Å². The van der Waals surface area contributed by atoms with Crippen LogP contribution in [0.25, 0.3) is 5.65 Å². The van der Waals surface area contributed by atoms with Crippen molar-refractivity contribution in [2.45, 2.75) is 13.5 Å². The normalized spacial score (nSPS) is 10.9. The molecule has 0 N–H and O–H groups in total. The topological polar surface area (TPSA) is 65.1 Å². The summed E-state index contributed by atoms with van der Waals surface area (Å²) >= 11 is 0. The minimum atomic E-state index is 0.329. The molecule has 0 amide bonds. The van der Waals surface area contributed by atoms with E-state index in [1.165, 1.54) is 0 Å². The van der Waals surface area contributed by atoms with E-state index in [4.69, 9.17) is 0 Å². The van der Waals surface area contributed by atoms with Gasteiger partial charge in [-0.25, -0.2) is 9.67 Å². The Hall–Kier alpha value is -2.50. The second-order valence-electron chi connectivity index (χ2n) is 4.11. The maximum atomic E-state index is 10.5. The number of aldehydes is 1. The fraction of sp³-hybridized carbons (Fsp3) is 0.167. The van der Waals surface area contributed by atoms with Crippen molar-refractivity contribution in [1.29, 1.82) is 0 Å². The predicted molar refractivity (Wildman–Crippen MR) is 64.4 cm³/mol. The first-order chi connectivity index (χ1) is 8.76. The van der Waals surface area contributed by atoms with Gasteiger partial charge in [-0.2, -0.15) is 0 Å². The summed E-state index contributed by atoms with van der Waals surface area (Å²) in [6, 6.07) is 4.00. The smallest absolute Gasteiger partial charge is 0.171 e. The van der Waals surface area contributed by atoms with Crippen molar-refractivity contribution < 1.29 is 4.79 Å². The number of aryl methyl sites for hydroxylation is 1. The molecule has 0 aliphatic heterocycles. The van der Waals surface area contributed by atoms with Gasteiger partial charge in [0.2, 0.25) is 0 Å². The lowest BCUT2D eigenvalue weighted by Gasteiger charge is -1.94. The minimum absolute atomic E-state index is 0.329. The standard InChI is InChI=1S/C12H11N5O/c1-9-3-2-4-16-5-10(13-12(9)16)6-17-7-11(8-18)14-15-17/h2-5,7-8H,6H2,1H3. The van der Waals surface area contributed by atoms with E-state index >= 15 is 0 Å². The van der Waals surface area contributed by atoms with Gasteiger partial charge >= 0.3 is 0 Å². The summed E-state index contributed by atoms with van der Waals surface area (Å²) < 4.78 is 3.57. The van der Waals surface area contributed by atoms with Crippen LogP contribution >= 0.6 is 0 Å². The predicted octanol–water partition coefficient (Wildman–Crippen LogP) is 1.10. The number of imidazole rings is 1. The van der Waals surface area contributed by atoms with Crippen LogP contribution in [0, 0.1) is 6.92 Å². The molecule has 0 atom stereocenters. The SMILES string of the molecule is Cc1cccn2cc(Cn3cc(C=O)nn3)nc12. The Morgan fingerprint density at radius 1 is 1.39 bits per heavy atom. The van der Waals surface area contributed by atoms with Crippen molar-refractivity contribution in [3.63, 3.8) is 0 Å². The van der Waals surface area contributed by atoms with E-state index in [1.54, 1.807) is 10.9 Å². The Morgan fingerprint density at radius 2 is 2.28 bits per heavy atom. The van der Waals surface area contributed by atoms with E-state index in [1.807, 2.05) is 35.9 Å². The molecule has 0 aliphatic rings. The Labute approximate surface area is 103 Å². The molecule has 3 aromatic heterocycles. The summed E-state index contributed by atoms with van der Waals surface area (Å²) in [5, 5.41) is 7.57. The molecule has 3 rings (SSSR count). The molecule has 0 saturated heterocycles. The fourth-order valence-corrected chi connectivity index (χ4v) is 1.89. The van der Waals surface area contributed by atoms with Crippen molar-refractivity contribution in [2.24, 2.45) is 0 Å². The summed E-state index contributed by atoms with van der Waals surface area (Å²) in [4.78, 5) is 15.1. The highest BCUT2D eigenvalue weighted by molar-refractivity contribution is 5.70. The van der Waals surface area contributed by atoms with Crippen molar-refractivity contribution in [1.82, 2.24) is 24.4 Å². The molecule has 90 valence electrons. The van der Waals surface area contributed by atoms with E-state index in [0.717, 1.165) is 16.9 Å². The number of hydrogen-bond donors (Lipinski definition) is 0. The van der Waals surface area contributed by atoms with Gasteiger partial charge in [-0.1, -0.05) is 11.3 Å². The average Bonchev–Trinajstić information content (AvgIpc) is 2.96. The van der Waals surface area contributed by atoms with Gasteiger partial charge in [0.1, 0.15) is 11.3 Å². The monoisotopic (exact) mass is 241 g/mol. The molecule has 0 bridgehead atoms. The zero-order chi connectivity index (χ0) is 12.5. The third kappa shape index (κ3) is 1.77. The van der Waals surface area contributed by atoms with Crippen LogP contribution in [0.1, 0.15) is 21.7 Å². The number of aromatic nitrogens is 5. The highest BCUT2D eigenvalue weighted by Gasteiger charge is 2.06. The molecule has 0 saturated carbocycles. The molecular formula is C12H11N5O. The first-order valence-corrected chi connectivity index (χ1v) is 5.55. The highest BCUT2D eigenvalue weighted by atomic mass is 16.1. The van der Waals surface area contributed by atoms with Crippen LogP contribution < -0.4 is 0 Å². The molecule has 3 heterocycles. The summed E-state index contributed by atoms with van der Waals surface area (Å²) in [7, 11) is 0. The second kappa shape index (κ2) is 4.06. The van der Waals surface area contributed by atoms with Gasteiger partial charge in [-0.05, 0) is 18.6 Å². The number of fused-ring (bicyclic) bond motifs is 1. The van der Waals surface area contributed by atoms with Crippen LogP contribution in [0.15, 0.2) is 30.7 Å². The van der Waals surface area contributed by atoms with Gasteiger partial charge < -0.3 is 4.40 Å². The Morgan fingerprint density at radius 3 is 3.00 bits per heavy atom. The Kier molecular flexibility index (Phi) is 2.40. The van der Waals surface area contributed by atoms with Gasteiger partial charge in [-0.15, -0.1) is 5.10 Å². The Balaban J connectivity index is 1.95. The van der Waals surface area contributed by atoms with E-state index in [-0.39, 0.29) is 0 Å². The third-order valence-corrected chi connectivity index (χ3v) is 2.73. The van der Waals surface area contributed by atoms with Crippen molar-refractivity contribution >= 4 is 11.9 Å². The molecular weight excluding hydrogens is 230 g/mol. The molecule has 0 fully saturated rings. The van der Waals surface area contributed by atoms with Crippen LogP contribution in [0.5, 0.6) is 0 Å². The number of pyridine rings is 1. The van der Waals surface area contributed by atoms with Crippen molar-refractivity contribution in [2.75, 3.05) is 0 Å². The number of rotatable bonds is 3. The molecule has 0 aliphatic carbocycles. The quantitative estimate of drug-likeness (QED) is 0.644. The van der Waals surface area contributed by atoms with Crippen LogP contribution in [-0.4, -0.2) is 30.7 Å². The summed E-state index contributed by atoms with van der Waals surface area (Å²) in [5.41, 5.74) is 3.26. The maximum absolute atomic E-state index is 10.5. The van der Waals surface area contributed by atoms with E-state index in [0.29, 0.717) is 18.5 Å². The lowest BCUT2D eigenvalue weighted by atomic mass is 10.3. The lowest BCUT2D eigenvalue weighted by Crippen LogP contribution is -2.00. The zero-order valence-electron chi connectivity index (χ0n) is 9.82. The molecule has 0 spiro atoms. The Bertz CT molecular complexity index is 712. The lowest BCUT2D eigenvalue weighted by molar-refractivity contribution is 0.111. The van der Waals surface area contributed by atoms with E-state index < -0.39 is 0 Å². The molecule has 0 unspecified atom stereocenters. The zero-order valence-corrected chi connectivity index (χ0v) is 9.82. The fourth-order valence-electron chi connectivity index (χ4n) is 1.89. The molecule has 0 radical (unpaired) electrons. The summed E-state index contributed by atoms with van der Waals surface area (Å²) in [6.45, 7) is 2.52. The summed E-state index contributed by atoms with van der Waals surface area (Å²) in [6.07, 6.45) is 6.18. The summed E-state index contributed by atoms with van der Waals surface area (Å²) in [5.74, 6) is 0. The van der Waals surface area contributed by atoms with Crippen molar-refractivity contribution in [3.05, 3.63) is 47.7 Å². The number of carbonyl (C=O) groups excluding carboxylic acids is 1. The average molecular weight is 241 g/mol. The molecule has 6 nitrogen and oxygen atoms in total. The van der Waals surface area contributed by atoms with Crippen LogP contribution in [0.4, 0.5) is 0 Å². The van der Waals surface area contributed by atoms with Crippen LogP contribution in [0.2, 0.25) is 0 Å². The van der Waals surface area contributed by atoms with Crippen molar-refractivity contribution in [3.8, 4) is 0 Å².